The smallest absolute Gasteiger partial charge is 0.261 e. The summed E-state index contributed by atoms with van der Waals surface area (Å²) in [6.07, 6.45) is 1.23. The van der Waals surface area contributed by atoms with Crippen molar-refractivity contribution in [2.75, 3.05) is 30.8 Å². The molecule has 4 N–H and O–H groups in total. The second-order valence-corrected chi connectivity index (χ2v) is 8.74. The molecule has 1 aromatic carbocycles. The van der Waals surface area contributed by atoms with Gasteiger partial charge in [0.25, 0.3) is 5.56 Å². The van der Waals surface area contributed by atoms with Gasteiger partial charge in [-0.3, -0.25) is 9.69 Å². The van der Waals surface area contributed by atoms with Gasteiger partial charge < -0.3 is 20.6 Å². The Hall–Kier alpha value is -2.84. The zero-order chi connectivity index (χ0) is 19.0. The molecule has 0 saturated carbocycles. The van der Waals surface area contributed by atoms with Gasteiger partial charge >= 0.3 is 0 Å². The van der Waals surface area contributed by atoms with E-state index in [0.29, 0.717) is 29.2 Å². The van der Waals surface area contributed by atoms with Gasteiger partial charge in [0.1, 0.15) is 11.4 Å². The number of imidazole rings is 1. The lowest BCUT2D eigenvalue weighted by atomic mass is 10.2. The molecule has 142 valence electrons. The van der Waals surface area contributed by atoms with Gasteiger partial charge in [-0.1, -0.05) is 0 Å². The van der Waals surface area contributed by atoms with E-state index >= 15 is 0 Å². The Kier molecular flexibility index (Phi) is 3.22. The van der Waals surface area contributed by atoms with Crippen LogP contribution < -0.4 is 16.2 Å². The van der Waals surface area contributed by atoms with E-state index in [2.05, 4.69) is 43.9 Å². The Morgan fingerprint density at radius 2 is 2.07 bits per heavy atom. The van der Waals surface area contributed by atoms with Gasteiger partial charge in [-0.2, -0.15) is 0 Å². The maximum atomic E-state index is 12.6. The molecule has 0 radical (unpaired) electrons. The number of aromatic nitrogens is 3. The molecule has 4 aromatic rings. The number of likely N-dealkylation sites (tertiary alicyclic amines) is 1. The molecule has 6 rings (SSSR count). The maximum Gasteiger partial charge on any atom is 0.261 e. The Labute approximate surface area is 164 Å². The highest BCUT2D eigenvalue weighted by molar-refractivity contribution is 7.17. The number of hydrogen-bond acceptors (Lipinski definition) is 6. The molecule has 0 spiro atoms. The van der Waals surface area contributed by atoms with Crippen LogP contribution in [0.4, 0.5) is 11.4 Å². The molecule has 2 atom stereocenters. The first kappa shape index (κ1) is 16.1. The molecule has 5 heterocycles. The number of anilines is 2. The molecule has 0 aliphatic carbocycles. The molecule has 2 aliphatic heterocycles. The van der Waals surface area contributed by atoms with Crippen LogP contribution in [-0.2, 0) is 0 Å². The highest BCUT2D eigenvalue weighted by Crippen LogP contribution is 2.36. The fourth-order valence-electron chi connectivity index (χ4n) is 4.75. The van der Waals surface area contributed by atoms with Crippen LogP contribution in [0.15, 0.2) is 34.4 Å². The summed E-state index contributed by atoms with van der Waals surface area (Å²) < 4.78 is 0.882. The number of nitrogen functional groups attached to an aromatic ring is 1. The summed E-state index contributed by atoms with van der Waals surface area (Å²) in [5, 5.41) is 1.92. The van der Waals surface area contributed by atoms with Crippen LogP contribution in [0.2, 0.25) is 0 Å². The van der Waals surface area contributed by atoms with E-state index in [1.807, 2.05) is 17.5 Å². The number of H-pyrrole nitrogens is 2. The monoisotopic (exact) mass is 392 g/mol. The predicted molar refractivity (Wildman–Crippen MR) is 114 cm³/mol. The first-order valence-electron chi connectivity index (χ1n) is 9.44. The quantitative estimate of drug-likeness (QED) is 0.488. The van der Waals surface area contributed by atoms with Gasteiger partial charge in [-0.05, 0) is 43.1 Å². The maximum absolute atomic E-state index is 12.6. The Balaban J connectivity index is 1.44. The molecule has 28 heavy (non-hydrogen) atoms. The zero-order valence-corrected chi connectivity index (χ0v) is 16.2. The van der Waals surface area contributed by atoms with Gasteiger partial charge in [0, 0.05) is 30.9 Å². The third-order valence-corrected chi connectivity index (χ3v) is 7.15. The number of nitrogens with zero attached hydrogens (tertiary/aromatic N) is 3. The van der Waals surface area contributed by atoms with Crippen molar-refractivity contribution in [2.45, 2.75) is 18.5 Å². The number of aromatic amines is 2. The number of benzene rings is 1. The molecule has 2 unspecified atom stereocenters. The third kappa shape index (κ3) is 2.18. The lowest BCUT2D eigenvalue weighted by Gasteiger charge is -2.33. The first-order chi connectivity index (χ1) is 13.6. The highest BCUT2D eigenvalue weighted by Gasteiger charge is 2.41. The summed E-state index contributed by atoms with van der Waals surface area (Å²) in [5.74, 6) is 0.517. The van der Waals surface area contributed by atoms with Crippen LogP contribution >= 0.6 is 11.3 Å². The fourth-order valence-corrected chi connectivity index (χ4v) is 5.56. The molecule has 2 aliphatic rings. The van der Waals surface area contributed by atoms with Gasteiger partial charge in [0.15, 0.2) is 0 Å². The van der Waals surface area contributed by atoms with Crippen molar-refractivity contribution in [3.8, 4) is 11.4 Å². The van der Waals surface area contributed by atoms with E-state index in [1.54, 1.807) is 0 Å². The SMILES string of the molecule is CN1CC2CC1CN2c1ccc2nc(-c3c(N)c4sccc4[nH]c3=O)[nH]c2c1. The summed E-state index contributed by atoms with van der Waals surface area (Å²) in [6, 6.07) is 9.38. The first-order valence-corrected chi connectivity index (χ1v) is 10.3. The molecule has 3 aromatic heterocycles. The lowest BCUT2D eigenvalue weighted by molar-refractivity contribution is 0.292. The molecule has 7 nitrogen and oxygen atoms in total. The predicted octanol–water partition coefficient (Wildman–Crippen LogP) is 2.61. The highest BCUT2D eigenvalue weighted by atomic mass is 32.1. The molecular weight excluding hydrogens is 372 g/mol. The summed E-state index contributed by atoms with van der Waals surface area (Å²) in [4.78, 5) is 28.4. The summed E-state index contributed by atoms with van der Waals surface area (Å²) >= 11 is 1.52. The number of rotatable bonds is 2. The van der Waals surface area contributed by atoms with Crippen LogP contribution in [0, 0.1) is 0 Å². The Bertz CT molecular complexity index is 1290. The number of nitrogens with two attached hydrogens (primary N) is 1. The summed E-state index contributed by atoms with van der Waals surface area (Å²) in [7, 11) is 2.21. The summed E-state index contributed by atoms with van der Waals surface area (Å²) in [5.41, 5.74) is 10.7. The minimum Gasteiger partial charge on any atom is -0.397 e. The second kappa shape index (κ2) is 5.59. The Morgan fingerprint density at radius 3 is 2.86 bits per heavy atom. The van der Waals surface area contributed by atoms with E-state index < -0.39 is 0 Å². The average Bonchev–Trinajstić information content (AvgIpc) is 3.43. The number of hydrogen-bond donors (Lipinski definition) is 3. The van der Waals surface area contributed by atoms with Crippen molar-refractivity contribution in [3.05, 3.63) is 40.0 Å². The van der Waals surface area contributed by atoms with Crippen molar-refractivity contribution in [1.82, 2.24) is 19.9 Å². The largest absolute Gasteiger partial charge is 0.397 e. The number of likely N-dealkylation sites (N-methyl/N-ethyl adjacent to an activating group) is 1. The number of pyridine rings is 1. The van der Waals surface area contributed by atoms with E-state index in [0.717, 1.165) is 34.3 Å². The van der Waals surface area contributed by atoms with E-state index in [9.17, 15) is 4.79 Å². The van der Waals surface area contributed by atoms with Crippen molar-refractivity contribution >= 4 is 44.0 Å². The van der Waals surface area contributed by atoms with Crippen LogP contribution in [-0.4, -0.2) is 52.1 Å². The molecule has 2 bridgehead atoms. The minimum absolute atomic E-state index is 0.220. The standard InChI is InChI=1S/C20H20N6OS/c1-25-8-12-6-11(25)9-26(12)10-2-3-13-15(7-10)23-19(22-13)16-17(21)18-14(4-5-28-18)24-20(16)27/h2-5,7,11-12H,6,8-9H2,1H3,(H,22,23)(H3,21,24,27). The number of fused-ring (bicyclic) bond motifs is 4. The zero-order valence-electron chi connectivity index (χ0n) is 15.4. The second-order valence-electron chi connectivity index (χ2n) is 7.83. The van der Waals surface area contributed by atoms with Crippen molar-refractivity contribution < 1.29 is 0 Å². The van der Waals surface area contributed by atoms with Crippen LogP contribution in [0.1, 0.15) is 6.42 Å². The number of nitrogens with one attached hydrogen (secondary N) is 2. The molecule has 8 heteroatoms. The normalized spacial score (nSPS) is 22.1. The van der Waals surface area contributed by atoms with E-state index in [-0.39, 0.29) is 5.56 Å². The van der Waals surface area contributed by atoms with Gasteiger partial charge in [-0.15, -0.1) is 11.3 Å². The topological polar surface area (TPSA) is 94.0 Å². The van der Waals surface area contributed by atoms with Gasteiger partial charge in [-0.25, -0.2) is 4.98 Å². The third-order valence-electron chi connectivity index (χ3n) is 6.20. The van der Waals surface area contributed by atoms with Crippen molar-refractivity contribution in [2.24, 2.45) is 0 Å². The molecule has 2 fully saturated rings. The number of thiophene rings is 1. The summed E-state index contributed by atoms with van der Waals surface area (Å²) in [6.45, 7) is 2.18. The lowest BCUT2D eigenvalue weighted by Crippen LogP contribution is -2.44. The van der Waals surface area contributed by atoms with Gasteiger partial charge in [0.2, 0.25) is 0 Å². The minimum atomic E-state index is -0.220. The molecular formula is C20H20N6OS. The number of piperazine rings is 1. The van der Waals surface area contributed by atoms with E-state index in [1.165, 1.54) is 23.4 Å². The van der Waals surface area contributed by atoms with Crippen molar-refractivity contribution in [3.63, 3.8) is 0 Å². The van der Waals surface area contributed by atoms with Crippen LogP contribution in [0.5, 0.6) is 0 Å². The average molecular weight is 392 g/mol. The molecule has 2 saturated heterocycles. The van der Waals surface area contributed by atoms with Crippen LogP contribution in [0.3, 0.4) is 0 Å². The Morgan fingerprint density at radius 1 is 1.18 bits per heavy atom. The van der Waals surface area contributed by atoms with E-state index in [4.69, 9.17) is 5.73 Å². The van der Waals surface area contributed by atoms with Gasteiger partial charge in [0.05, 0.1) is 26.9 Å². The van der Waals surface area contributed by atoms with Crippen LogP contribution in [0.25, 0.3) is 32.6 Å². The fraction of sp³-hybridized carbons (Fsp3) is 0.300. The van der Waals surface area contributed by atoms with Crippen molar-refractivity contribution in [1.29, 1.82) is 0 Å². The molecule has 0 amide bonds.